The van der Waals surface area contributed by atoms with Gasteiger partial charge in [-0.15, -0.1) is 0 Å². The zero-order valence-corrected chi connectivity index (χ0v) is 6.75. The molecule has 0 saturated heterocycles. The Labute approximate surface area is 66.3 Å². The summed E-state index contributed by atoms with van der Waals surface area (Å²) >= 11 is 0. The van der Waals surface area contributed by atoms with Crippen LogP contribution in [0.5, 0.6) is 0 Å². The summed E-state index contributed by atoms with van der Waals surface area (Å²) in [6.45, 7) is 4.19. The summed E-state index contributed by atoms with van der Waals surface area (Å²) in [5, 5.41) is 9.34. The second kappa shape index (κ2) is 3.38. The van der Waals surface area contributed by atoms with Gasteiger partial charge in [0.15, 0.2) is 0 Å². The van der Waals surface area contributed by atoms with E-state index < -0.39 is 18.9 Å². The fraction of sp³-hybridized carbons (Fsp3) is 1.00. The minimum atomic E-state index is -0.592. The van der Waals surface area contributed by atoms with Gasteiger partial charge in [-0.25, -0.2) is 0 Å². The molecule has 0 aromatic heterocycles. The Morgan fingerprint density at radius 2 is 2.10 bits per heavy atom. The molecular formula is C9H18O. The molecule has 0 heterocycles. The molecule has 0 amide bonds. The average Bonchev–Trinajstić information content (AvgIpc) is 2.00. The van der Waals surface area contributed by atoms with Gasteiger partial charge in [0, 0.05) is 2.74 Å². The summed E-state index contributed by atoms with van der Waals surface area (Å²) in [5.41, 5.74) is 0. The van der Waals surface area contributed by atoms with Crippen molar-refractivity contribution in [2.24, 2.45) is 11.8 Å². The highest BCUT2D eigenvalue weighted by Gasteiger charge is 2.21. The van der Waals surface area contributed by atoms with Crippen LogP contribution in [0.4, 0.5) is 0 Å². The zero-order chi connectivity index (χ0) is 9.30. The van der Waals surface area contributed by atoms with Crippen molar-refractivity contribution < 1.29 is 7.85 Å². The van der Waals surface area contributed by atoms with Crippen LogP contribution in [0.15, 0.2) is 0 Å². The molecule has 1 rings (SSSR count). The number of aliphatic hydroxyl groups is 1. The third-order valence-electron chi connectivity index (χ3n) is 2.23. The molecule has 10 heavy (non-hydrogen) atoms. The Bertz CT molecular complexity index is 149. The lowest BCUT2D eigenvalue weighted by atomic mass is 9.81. The van der Waals surface area contributed by atoms with E-state index in [1.165, 1.54) is 0 Å². The molecule has 1 saturated carbocycles. The predicted molar refractivity (Wildman–Crippen MR) is 42.8 cm³/mol. The third kappa shape index (κ3) is 1.98. The largest absolute Gasteiger partial charge is 0.393 e. The second-order valence-electron chi connectivity index (χ2n) is 3.44. The normalized spacial score (nSPS) is 52.4. The zero-order valence-electron chi connectivity index (χ0n) is 8.75. The molecule has 4 atom stereocenters. The van der Waals surface area contributed by atoms with Gasteiger partial charge < -0.3 is 5.11 Å². The summed E-state index contributed by atoms with van der Waals surface area (Å²) in [4.78, 5) is 0. The molecule has 0 spiro atoms. The Kier molecular flexibility index (Phi) is 1.89. The van der Waals surface area contributed by atoms with Gasteiger partial charge in [-0.05, 0) is 37.5 Å². The molecule has 1 N–H and O–H groups in total. The van der Waals surface area contributed by atoms with Gasteiger partial charge in [0.1, 0.15) is 0 Å². The monoisotopic (exact) mass is 144 g/mol. The predicted octanol–water partition coefficient (Wildman–Crippen LogP) is 2.19. The van der Waals surface area contributed by atoms with Crippen molar-refractivity contribution in [2.45, 2.75) is 45.6 Å². The lowest BCUT2D eigenvalue weighted by Crippen LogP contribution is -2.21. The maximum Gasteiger partial charge on any atom is 0.0540 e. The first-order chi connectivity index (χ1) is 5.54. The molecule has 1 nitrogen and oxygen atoms in total. The second-order valence-corrected chi connectivity index (χ2v) is 3.44. The summed E-state index contributed by atoms with van der Waals surface area (Å²) in [7, 11) is 0. The van der Waals surface area contributed by atoms with E-state index in [1.807, 2.05) is 0 Å². The first-order valence-electron chi connectivity index (χ1n) is 5.22. The van der Waals surface area contributed by atoms with Gasteiger partial charge in [-0.2, -0.15) is 0 Å². The van der Waals surface area contributed by atoms with Crippen LogP contribution in [-0.2, 0) is 0 Å². The van der Waals surface area contributed by atoms with Crippen LogP contribution in [0.1, 0.15) is 42.2 Å². The van der Waals surface area contributed by atoms with E-state index in [4.69, 9.17) is 2.74 Å². The topological polar surface area (TPSA) is 20.2 Å². The fourth-order valence-corrected chi connectivity index (χ4v) is 1.38. The van der Waals surface area contributed by atoms with E-state index in [-0.39, 0.29) is 0 Å². The van der Waals surface area contributed by atoms with E-state index >= 15 is 0 Å². The highest BCUT2D eigenvalue weighted by molar-refractivity contribution is 4.73. The van der Waals surface area contributed by atoms with E-state index in [0.29, 0.717) is 18.3 Å². The average molecular weight is 144 g/mol. The van der Waals surface area contributed by atoms with Gasteiger partial charge in [0.2, 0.25) is 0 Å². The van der Waals surface area contributed by atoms with Gasteiger partial charge in [-0.1, -0.05) is 13.8 Å². The van der Waals surface area contributed by atoms with Crippen LogP contribution in [0.25, 0.3) is 0 Å². The van der Waals surface area contributed by atoms with Crippen molar-refractivity contribution in [3.05, 3.63) is 0 Å². The first-order valence-corrected chi connectivity index (χ1v) is 4.06. The van der Waals surface area contributed by atoms with Gasteiger partial charge in [-0.3, -0.25) is 0 Å². The molecule has 0 bridgehead atoms. The molecule has 2 unspecified atom stereocenters. The summed E-state index contributed by atoms with van der Waals surface area (Å²) in [6.07, 6.45) is 0.0526. The van der Waals surface area contributed by atoms with Crippen LogP contribution in [0.3, 0.4) is 0 Å². The molecule has 1 aliphatic carbocycles. The van der Waals surface area contributed by atoms with Crippen molar-refractivity contribution in [3.63, 3.8) is 0 Å². The molecule has 0 aliphatic heterocycles. The molecule has 0 aromatic rings. The maximum absolute atomic E-state index is 9.34. The van der Waals surface area contributed by atoms with Crippen molar-refractivity contribution in [1.29, 1.82) is 0 Å². The smallest absolute Gasteiger partial charge is 0.0540 e. The first kappa shape index (κ1) is 5.59. The lowest BCUT2D eigenvalue weighted by molar-refractivity contribution is 0.0963. The number of hydrogen-bond donors (Lipinski definition) is 1. The van der Waals surface area contributed by atoms with Gasteiger partial charge in [0.25, 0.3) is 0 Å². The summed E-state index contributed by atoms with van der Waals surface area (Å²) < 4.78 is 15.3. The summed E-state index contributed by atoms with van der Waals surface area (Å²) in [5.74, 6) is 0.767. The third-order valence-corrected chi connectivity index (χ3v) is 2.23. The minimum absolute atomic E-state index is 0.302. The number of hydrogen-bond acceptors (Lipinski definition) is 1. The number of rotatable bonds is 1. The van der Waals surface area contributed by atoms with Crippen LogP contribution in [0, 0.1) is 11.8 Å². The van der Waals surface area contributed by atoms with Gasteiger partial charge >= 0.3 is 0 Å². The van der Waals surface area contributed by atoms with Crippen LogP contribution >= 0.6 is 0 Å². The van der Waals surface area contributed by atoms with E-state index in [1.54, 1.807) is 0 Å². The Hall–Kier alpha value is -0.0400. The van der Waals surface area contributed by atoms with Crippen LogP contribution in [-0.4, -0.2) is 11.2 Å². The quantitative estimate of drug-likeness (QED) is 0.598. The van der Waals surface area contributed by atoms with Crippen molar-refractivity contribution in [1.82, 2.24) is 0 Å². The standard InChI is InChI=1S/C9H18O/c1-7(2)8-3-5-9(10)6-4-8/h7-10H,3-6H2,1-2H3/t8-,9-/i3D,5D/t3?,5?,8-,9-/m1/s1. The SMILES string of the molecule is [2H]C1C([2H])[C@@H](O)CC[C@@H]1C(C)C. The van der Waals surface area contributed by atoms with Crippen molar-refractivity contribution in [2.75, 3.05) is 0 Å². The molecule has 0 radical (unpaired) electrons. The molecule has 60 valence electrons. The molecule has 1 fully saturated rings. The van der Waals surface area contributed by atoms with Gasteiger partial charge in [0.05, 0.1) is 6.10 Å². The van der Waals surface area contributed by atoms with Crippen molar-refractivity contribution in [3.8, 4) is 0 Å². The van der Waals surface area contributed by atoms with E-state index in [0.717, 1.165) is 6.42 Å². The summed E-state index contributed by atoms with van der Waals surface area (Å²) in [6, 6.07) is 0. The Balaban J connectivity index is 2.58. The molecule has 0 aromatic carbocycles. The fourth-order valence-electron chi connectivity index (χ4n) is 1.38. The van der Waals surface area contributed by atoms with E-state index in [2.05, 4.69) is 13.8 Å². The molecule has 1 heteroatoms. The Morgan fingerprint density at radius 1 is 1.40 bits per heavy atom. The van der Waals surface area contributed by atoms with Crippen LogP contribution < -0.4 is 0 Å². The highest BCUT2D eigenvalue weighted by Crippen LogP contribution is 2.29. The highest BCUT2D eigenvalue weighted by atomic mass is 16.3. The molecule has 1 aliphatic rings. The minimum Gasteiger partial charge on any atom is -0.393 e. The van der Waals surface area contributed by atoms with Crippen molar-refractivity contribution >= 4 is 0 Å². The van der Waals surface area contributed by atoms with E-state index in [9.17, 15) is 5.11 Å². The maximum atomic E-state index is 9.34. The number of aliphatic hydroxyl groups excluding tert-OH is 1. The Morgan fingerprint density at radius 3 is 2.70 bits per heavy atom. The lowest BCUT2D eigenvalue weighted by Gasteiger charge is -2.27. The molecular weight excluding hydrogens is 124 g/mol. The van der Waals surface area contributed by atoms with Crippen LogP contribution in [0.2, 0.25) is 0 Å².